The van der Waals surface area contributed by atoms with Crippen LogP contribution in [0.4, 0.5) is 0 Å². The van der Waals surface area contributed by atoms with Crippen molar-refractivity contribution in [2.75, 3.05) is 14.2 Å². The van der Waals surface area contributed by atoms with E-state index in [1.54, 1.807) is 18.2 Å². The Morgan fingerprint density at radius 1 is 1.40 bits per heavy atom. The van der Waals surface area contributed by atoms with Gasteiger partial charge in [0.2, 0.25) is 0 Å². The summed E-state index contributed by atoms with van der Waals surface area (Å²) < 4.78 is 6.50. The van der Waals surface area contributed by atoms with Gasteiger partial charge >= 0.3 is 6.01 Å². The summed E-state index contributed by atoms with van der Waals surface area (Å²) in [5, 5.41) is 0. The number of rotatable bonds is 3. The molecule has 0 amide bonds. The molecule has 0 atom stereocenters. The standard InChI is InChI=1S/C10H10N2O3/c1-14-10-11-8-5-7(6-13)3-4-9(8)12(10)15-2/h3-6H,1-2H3. The quantitative estimate of drug-likeness (QED) is 0.700. The highest BCUT2D eigenvalue weighted by atomic mass is 16.7. The van der Waals surface area contributed by atoms with Gasteiger partial charge in [0.1, 0.15) is 18.9 Å². The number of imidazole rings is 1. The molecule has 2 aromatic rings. The van der Waals surface area contributed by atoms with Gasteiger partial charge in [-0.1, -0.05) is 0 Å². The second kappa shape index (κ2) is 3.61. The normalized spacial score (nSPS) is 10.3. The highest BCUT2D eigenvalue weighted by Gasteiger charge is 2.11. The molecule has 0 unspecified atom stereocenters. The lowest BCUT2D eigenvalue weighted by molar-refractivity contribution is 0.112. The van der Waals surface area contributed by atoms with Gasteiger partial charge in [0, 0.05) is 5.56 Å². The Labute approximate surface area is 86.2 Å². The van der Waals surface area contributed by atoms with E-state index in [0.29, 0.717) is 17.1 Å². The van der Waals surface area contributed by atoms with Crippen LogP contribution in [-0.2, 0) is 0 Å². The molecule has 0 N–H and O–H groups in total. The summed E-state index contributed by atoms with van der Waals surface area (Å²) >= 11 is 0. The Bertz CT molecular complexity index is 505. The molecular weight excluding hydrogens is 196 g/mol. The number of aromatic nitrogens is 2. The molecule has 5 nitrogen and oxygen atoms in total. The van der Waals surface area contributed by atoms with Crippen LogP contribution in [-0.4, -0.2) is 30.2 Å². The molecule has 0 aliphatic heterocycles. The number of benzene rings is 1. The van der Waals surface area contributed by atoms with Crippen LogP contribution in [0.1, 0.15) is 10.4 Å². The fourth-order valence-corrected chi connectivity index (χ4v) is 1.43. The van der Waals surface area contributed by atoms with E-state index in [-0.39, 0.29) is 0 Å². The molecule has 1 heterocycles. The molecule has 0 saturated heterocycles. The van der Waals surface area contributed by atoms with Crippen LogP contribution in [0, 0.1) is 0 Å². The second-order valence-electron chi connectivity index (χ2n) is 2.94. The first-order valence-electron chi connectivity index (χ1n) is 4.36. The SMILES string of the molecule is COc1nc2cc(C=O)ccc2n1OC. The third kappa shape index (κ3) is 1.41. The average molecular weight is 206 g/mol. The monoisotopic (exact) mass is 206 g/mol. The highest BCUT2D eigenvalue weighted by molar-refractivity contribution is 5.85. The summed E-state index contributed by atoms with van der Waals surface area (Å²) in [6, 6.07) is 5.50. The number of carbonyl (C=O) groups is 1. The van der Waals surface area contributed by atoms with E-state index in [9.17, 15) is 4.79 Å². The van der Waals surface area contributed by atoms with Crippen molar-refractivity contribution < 1.29 is 14.4 Å². The summed E-state index contributed by atoms with van der Waals surface area (Å²) in [7, 11) is 3.04. The maximum atomic E-state index is 10.6. The first kappa shape index (κ1) is 9.51. The largest absolute Gasteiger partial charge is 0.466 e. The maximum Gasteiger partial charge on any atom is 0.331 e. The lowest BCUT2D eigenvalue weighted by Crippen LogP contribution is -2.07. The van der Waals surface area contributed by atoms with Gasteiger partial charge in [-0.25, -0.2) is 0 Å². The number of hydrogen-bond donors (Lipinski definition) is 0. The fraction of sp³-hybridized carbons (Fsp3) is 0.200. The molecule has 0 bridgehead atoms. The average Bonchev–Trinajstić information content (AvgIpc) is 2.65. The van der Waals surface area contributed by atoms with E-state index in [1.807, 2.05) is 0 Å². The van der Waals surface area contributed by atoms with Gasteiger partial charge in [0.05, 0.1) is 12.6 Å². The number of hydrogen-bond acceptors (Lipinski definition) is 4. The van der Waals surface area contributed by atoms with E-state index < -0.39 is 0 Å². The molecule has 1 aromatic heterocycles. The van der Waals surface area contributed by atoms with E-state index in [0.717, 1.165) is 11.8 Å². The number of nitrogens with zero attached hydrogens (tertiary/aromatic N) is 2. The Morgan fingerprint density at radius 3 is 2.80 bits per heavy atom. The molecule has 0 aliphatic carbocycles. The minimum Gasteiger partial charge on any atom is -0.466 e. The summed E-state index contributed by atoms with van der Waals surface area (Å²) in [5.41, 5.74) is 2.00. The van der Waals surface area contributed by atoms with Gasteiger partial charge in [-0.05, 0) is 18.2 Å². The number of ether oxygens (including phenoxy) is 1. The van der Waals surface area contributed by atoms with Crippen LogP contribution in [0.15, 0.2) is 18.2 Å². The molecule has 0 radical (unpaired) electrons. The molecule has 5 heteroatoms. The number of methoxy groups -OCH3 is 1. The van der Waals surface area contributed by atoms with Crippen molar-refractivity contribution in [1.29, 1.82) is 0 Å². The third-order valence-electron chi connectivity index (χ3n) is 2.11. The van der Waals surface area contributed by atoms with Crippen LogP contribution >= 0.6 is 0 Å². The Morgan fingerprint density at radius 2 is 2.20 bits per heavy atom. The fourth-order valence-electron chi connectivity index (χ4n) is 1.43. The summed E-state index contributed by atoms with van der Waals surface area (Å²) in [6.45, 7) is 0. The zero-order chi connectivity index (χ0) is 10.8. The molecule has 0 saturated carbocycles. The lowest BCUT2D eigenvalue weighted by atomic mass is 10.2. The van der Waals surface area contributed by atoms with Crippen molar-refractivity contribution in [2.45, 2.75) is 0 Å². The maximum absolute atomic E-state index is 10.6. The predicted molar refractivity (Wildman–Crippen MR) is 54.2 cm³/mol. The molecule has 0 fully saturated rings. The summed E-state index contributed by atoms with van der Waals surface area (Å²) in [6.07, 6.45) is 0.776. The van der Waals surface area contributed by atoms with Crippen LogP contribution in [0.5, 0.6) is 6.01 Å². The van der Waals surface area contributed by atoms with E-state index in [2.05, 4.69) is 4.98 Å². The number of aldehydes is 1. The van der Waals surface area contributed by atoms with Crippen molar-refractivity contribution in [3.63, 3.8) is 0 Å². The zero-order valence-electron chi connectivity index (χ0n) is 8.43. The minimum absolute atomic E-state index is 0.357. The summed E-state index contributed by atoms with van der Waals surface area (Å²) in [4.78, 5) is 19.9. The van der Waals surface area contributed by atoms with Crippen LogP contribution in [0.3, 0.4) is 0 Å². The van der Waals surface area contributed by atoms with E-state index in [4.69, 9.17) is 9.57 Å². The van der Waals surface area contributed by atoms with Crippen molar-refractivity contribution >= 4 is 17.3 Å². The molecule has 78 valence electrons. The second-order valence-corrected chi connectivity index (χ2v) is 2.94. The van der Waals surface area contributed by atoms with Crippen LogP contribution in [0.25, 0.3) is 11.0 Å². The van der Waals surface area contributed by atoms with Crippen molar-refractivity contribution in [2.24, 2.45) is 0 Å². The van der Waals surface area contributed by atoms with Crippen LogP contribution < -0.4 is 9.57 Å². The molecule has 15 heavy (non-hydrogen) atoms. The Balaban J connectivity index is 2.70. The molecule has 0 aliphatic rings. The highest BCUT2D eigenvalue weighted by Crippen LogP contribution is 2.20. The van der Waals surface area contributed by atoms with Crippen molar-refractivity contribution in [1.82, 2.24) is 9.71 Å². The topological polar surface area (TPSA) is 53.3 Å². The van der Waals surface area contributed by atoms with E-state index in [1.165, 1.54) is 19.0 Å². The third-order valence-corrected chi connectivity index (χ3v) is 2.11. The number of fused-ring (bicyclic) bond motifs is 1. The van der Waals surface area contributed by atoms with Gasteiger partial charge in [-0.2, -0.15) is 4.98 Å². The van der Waals surface area contributed by atoms with Gasteiger partial charge in [-0.3, -0.25) is 4.79 Å². The molecule has 0 spiro atoms. The van der Waals surface area contributed by atoms with Crippen molar-refractivity contribution in [3.05, 3.63) is 23.8 Å². The Hall–Kier alpha value is -2.04. The Kier molecular flexibility index (Phi) is 2.29. The lowest BCUT2D eigenvalue weighted by Gasteiger charge is -2.03. The minimum atomic E-state index is 0.357. The first-order valence-corrected chi connectivity index (χ1v) is 4.36. The van der Waals surface area contributed by atoms with Gasteiger partial charge in [0.25, 0.3) is 0 Å². The smallest absolute Gasteiger partial charge is 0.331 e. The molecule has 1 aromatic carbocycles. The zero-order valence-corrected chi connectivity index (χ0v) is 8.43. The van der Waals surface area contributed by atoms with Crippen molar-refractivity contribution in [3.8, 4) is 6.01 Å². The number of carbonyl (C=O) groups excluding carboxylic acids is 1. The molecular formula is C10H10N2O3. The van der Waals surface area contributed by atoms with Gasteiger partial charge in [-0.15, -0.1) is 4.73 Å². The molecule has 2 rings (SSSR count). The predicted octanol–water partition coefficient (Wildman–Crippen LogP) is 0.916. The van der Waals surface area contributed by atoms with E-state index >= 15 is 0 Å². The van der Waals surface area contributed by atoms with Gasteiger partial charge in [0.15, 0.2) is 0 Å². The summed E-state index contributed by atoms with van der Waals surface area (Å²) in [5.74, 6) is 0. The van der Waals surface area contributed by atoms with Crippen LogP contribution in [0.2, 0.25) is 0 Å². The van der Waals surface area contributed by atoms with Gasteiger partial charge < -0.3 is 9.57 Å². The first-order chi connectivity index (χ1) is 7.30.